The van der Waals surface area contributed by atoms with Crippen molar-refractivity contribution in [3.8, 4) is 0 Å². The van der Waals surface area contributed by atoms with E-state index in [4.69, 9.17) is 11.6 Å². The van der Waals surface area contributed by atoms with Crippen LogP contribution in [-0.2, 0) is 0 Å². The monoisotopic (exact) mass is 233 g/mol. The Morgan fingerprint density at radius 1 is 1.53 bits per heavy atom. The zero-order chi connectivity index (χ0) is 11.4. The van der Waals surface area contributed by atoms with Crippen molar-refractivity contribution in [3.63, 3.8) is 0 Å². The average molecular weight is 234 g/mol. The number of aromatic nitrogens is 1. The van der Waals surface area contributed by atoms with Gasteiger partial charge in [0.25, 0.3) is 0 Å². The van der Waals surface area contributed by atoms with Crippen LogP contribution < -0.4 is 0 Å². The summed E-state index contributed by atoms with van der Waals surface area (Å²) in [6, 6.07) is 1.46. The van der Waals surface area contributed by atoms with E-state index in [0.29, 0.717) is 0 Å². The van der Waals surface area contributed by atoms with E-state index in [1.54, 1.807) is 6.92 Å². The van der Waals surface area contributed by atoms with Gasteiger partial charge < -0.3 is 10.2 Å². The van der Waals surface area contributed by atoms with Crippen LogP contribution in [0.5, 0.6) is 0 Å². The van der Waals surface area contributed by atoms with Crippen molar-refractivity contribution >= 4 is 11.6 Å². The zero-order valence-electron chi connectivity index (χ0n) is 8.32. The lowest BCUT2D eigenvalue weighted by atomic mass is 10.0. The Morgan fingerprint density at radius 2 is 2.20 bits per heavy atom. The highest BCUT2D eigenvalue weighted by Crippen LogP contribution is 2.21. The van der Waals surface area contributed by atoms with Gasteiger partial charge in [0.05, 0.1) is 6.10 Å². The number of halogens is 2. The fourth-order valence-electron chi connectivity index (χ4n) is 1.26. The summed E-state index contributed by atoms with van der Waals surface area (Å²) in [6.07, 6.45) is -0.785. The molecule has 1 aromatic heterocycles. The van der Waals surface area contributed by atoms with Gasteiger partial charge in [-0.25, -0.2) is 4.98 Å². The number of pyridine rings is 1. The molecular formula is C10H13ClFNO2. The van der Waals surface area contributed by atoms with Crippen molar-refractivity contribution in [2.24, 2.45) is 0 Å². The number of hydrogen-bond donors (Lipinski definition) is 2. The van der Waals surface area contributed by atoms with Crippen molar-refractivity contribution < 1.29 is 14.6 Å². The molecule has 0 aromatic carbocycles. The smallest absolute Gasteiger partial charge is 0.218 e. The summed E-state index contributed by atoms with van der Waals surface area (Å²) in [5.74, 6) is -0.555. The van der Waals surface area contributed by atoms with Crippen LogP contribution in [-0.4, -0.2) is 27.2 Å². The molecule has 0 aliphatic heterocycles. The van der Waals surface area contributed by atoms with Crippen LogP contribution in [0.1, 0.15) is 23.7 Å². The Hall–Kier alpha value is -0.710. The van der Waals surface area contributed by atoms with Crippen molar-refractivity contribution in [1.29, 1.82) is 0 Å². The number of nitrogens with zero attached hydrogens (tertiary/aromatic N) is 1. The molecule has 84 valence electrons. The summed E-state index contributed by atoms with van der Waals surface area (Å²) in [4.78, 5) is 3.47. The number of alkyl halides is 1. The zero-order valence-corrected chi connectivity index (χ0v) is 9.08. The van der Waals surface area contributed by atoms with Gasteiger partial charge >= 0.3 is 0 Å². The van der Waals surface area contributed by atoms with E-state index >= 15 is 0 Å². The first-order valence-corrected chi connectivity index (χ1v) is 5.14. The molecule has 2 unspecified atom stereocenters. The molecule has 0 fully saturated rings. The summed E-state index contributed by atoms with van der Waals surface area (Å²) in [5, 5.41) is 19.1. The molecule has 1 aromatic rings. The van der Waals surface area contributed by atoms with E-state index in [9.17, 15) is 14.6 Å². The molecule has 0 amide bonds. The van der Waals surface area contributed by atoms with E-state index in [-0.39, 0.29) is 17.9 Å². The molecule has 0 spiro atoms. The summed E-state index contributed by atoms with van der Waals surface area (Å²) >= 11 is 5.42. The van der Waals surface area contributed by atoms with Crippen LogP contribution in [0, 0.1) is 12.9 Å². The number of rotatable bonds is 4. The number of aliphatic hydroxyl groups is 2. The first-order chi connectivity index (χ1) is 7.06. The molecule has 0 saturated heterocycles. The van der Waals surface area contributed by atoms with Crippen LogP contribution in [0.15, 0.2) is 12.3 Å². The minimum atomic E-state index is -1.28. The minimum Gasteiger partial charge on any atom is -0.390 e. The molecule has 1 heterocycles. The SMILES string of the molecule is Cc1cnc(F)c(C(O)C(O)CCCl)c1. The Labute approximate surface area is 92.5 Å². The molecule has 15 heavy (non-hydrogen) atoms. The van der Waals surface area contributed by atoms with Gasteiger partial charge in [-0.3, -0.25) is 0 Å². The van der Waals surface area contributed by atoms with E-state index in [0.717, 1.165) is 5.56 Å². The number of aliphatic hydroxyl groups excluding tert-OH is 2. The molecule has 5 heteroatoms. The summed E-state index contributed by atoms with van der Waals surface area (Å²) in [5.41, 5.74) is 0.733. The molecular weight excluding hydrogens is 221 g/mol. The molecule has 2 N–H and O–H groups in total. The van der Waals surface area contributed by atoms with Crippen molar-refractivity contribution in [3.05, 3.63) is 29.3 Å². The van der Waals surface area contributed by atoms with Gasteiger partial charge in [0.15, 0.2) is 0 Å². The standard InChI is InChI=1S/C10H13ClFNO2/c1-6-4-7(10(12)13-5-6)9(15)8(14)2-3-11/h4-5,8-9,14-15H,2-3H2,1H3. The minimum absolute atomic E-state index is 0.00705. The number of aryl methyl sites for hydroxylation is 1. The van der Waals surface area contributed by atoms with Gasteiger partial charge in [0.2, 0.25) is 5.95 Å². The lowest BCUT2D eigenvalue weighted by Crippen LogP contribution is -2.20. The first kappa shape index (κ1) is 12.4. The van der Waals surface area contributed by atoms with Gasteiger partial charge in [-0.05, 0) is 25.0 Å². The second-order valence-electron chi connectivity index (χ2n) is 3.38. The summed E-state index contributed by atoms with van der Waals surface area (Å²) in [6.45, 7) is 1.73. The Kier molecular flexibility index (Phi) is 4.45. The van der Waals surface area contributed by atoms with Crippen molar-refractivity contribution in [1.82, 2.24) is 4.98 Å². The molecule has 0 aliphatic carbocycles. The van der Waals surface area contributed by atoms with Crippen molar-refractivity contribution in [2.45, 2.75) is 25.6 Å². The third-order valence-electron chi connectivity index (χ3n) is 2.09. The predicted octanol–water partition coefficient (Wildman–Crippen LogP) is 1.55. The predicted molar refractivity (Wildman–Crippen MR) is 55.2 cm³/mol. The van der Waals surface area contributed by atoms with Gasteiger partial charge in [0.1, 0.15) is 6.10 Å². The molecule has 0 aliphatic rings. The van der Waals surface area contributed by atoms with E-state index < -0.39 is 18.2 Å². The summed E-state index contributed by atoms with van der Waals surface area (Å²) < 4.78 is 13.2. The van der Waals surface area contributed by atoms with E-state index in [1.165, 1.54) is 12.3 Å². The lowest BCUT2D eigenvalue weighted by molar-refractivity contribution is 0.0144. The van der Waals surface area contributed by atoms with Crippen molar-refractivity contribution in [2.75, 3.05) is 5.88 Å². The Bertz CT molecular complexity index is 335. The highest BCUT2D eigenvalue weighted by atomic mass is 35.5. The fraction of sp³-hybridized carbons (Fsp3) is 0.500. The van der Waals surface area contributed by atoms with Crippen LogP contribution in [0.25, 0.3) is 0 Å². The van der Waals surface area contributed by atoms with Crippen LogP contribution in [0.3, 0.4) is 0 Å². The fourth-order valence-corrected chi connectivity index (χ4v) is 1.48. The van der Waals surface area contributed by atoms with Gasteiger partial charge in [-0.2, -0.15) is 4.39 Å². The van der Waals surface area contributed by atoms with Crippen LogP contribution >= 0.6 is 11.6 Å². The maximum Gasteiger partial charge on any atom is 0.218 e. The third-order valence-corrected chi connectivity index (χ3v) is 2.31. The second kappa shape index (κ2) is 5.39. The molecule has 0 saturated carbocycles. The maximum atomic E-state index is 13.2. The third kappa shape index (κ3) is 3.12. The average Bonchev–Trinajstić information content (AvgIpc) is 2.21. The van der Waals surface area contributed by atoms with Gasteiger partial charge in [-0.1, -0.05) is 0 Å². The Morgan fingerprint density at radius 3 is 2.80 bits per heavy atom. The highest BCUT2D eigenvalue weighted by Gasteiger charge is 2.21. The second-order valence-corrected chi connectivity index (χ2v) is 3.76. The van der Waals surface area contributed by atoms with Gasteiger partial charge in [0, 0.05) is 17.6 Å². The van der Waals surface area contributed by atoms with Crippen LogP contribution in [0.4, 0.5) is 4.39 Å². The quantitative estimate of drug-likeness (QED) is 0.613. The van der Waals surface area contributed by atoms with E-state index in [1.807, 2.05) is 0 Å². The topological polar surface area (TPSA) is 53.4 Å². The highest BCUT2D eigenvalue weighted by molar-refractivity contribution is 6.17. The molecule has 2 atom stereocenters. The molecule has 1 rings (SSSR count). The normalized spacial score (nSPS) is 15.0. The first-order valence-electron chi connectivity index (χ1n) is 4.60. The lowest BCUT2D eigenvalue weighted by Gasteiger charge is -2.17. The summed E-state index contributed by atoms with van der Waals surface area (Å²) in [7, 11) is 0. The maximum absolute atomic E-state index is 13.2. The largest absolute Gasteiger partial charge is 0.390 e. The molecule has 3 nitrogen and oxygen atoms in total. The van der Waals surface area contributed by atoms with E-state index in [2.05, 4.69) is 4.98 Å². The molecule has 0 bridgehead atoms. The number of hydrogen-bond acceptors (Lipinski definition) is 3. The van der Waals surface area contributed by atoms with Gasteiger partial charge in [-0.15, -0.1) is 11.6 Å². The van der Waals surface area contributed by atoms with Crippen LogP contribution in [0.2, 0.25) is 0 Å². The Balaban J connectivity index is 2.89. The molecule has 0 radical (unpaired) electrons.